The monoisotopic (exact) mass is 1480 g/mol. The molecule has 1 aromatic carbocycles. The number of carbonyl (C=O) groups is 6. The second-order valence-electron chi connectivity index (χ2n) is 25.8. The summed E-state index contributed by atoms with van der Waals surface area (Å²) < 4.78 is 46.3. The maximum absolute atomic E-state index is 11.7. The van der Waals surface area contributed by atoms with E-state index in [2.05, 4.69) is 103 Å². The molecule has 12 unspecified atom stereocenters. The summed E-state index contributed by atoms with van der Waals surface area (Å²) in [6.45, 7) is 67.8. The van der Waals surface area contributed by atoms with Crippen LogP contribution < -0.4 is 5.32 Å². The van der Waals surface area contributed by atoms with Crippen molar-refractivity contribution < 1.29 is 71.4 Å². The fourth-order valence-corrected chi connectivity index (χ4v) is 8.25. The lowest BCUT2D eigenvalue weighted by molar-refractivity contribution is -0.156. The molecule has 2 aliphatic rings. The third-order valence-corrected chi connectivity index (χ3v) is 18.2. The average molecular weight is 1480 g/mol. The first-order valence-corrected chi connectivity index (χ1v) is 37.2. The van der Waals surface area contributed by atoms with Gasteiger partial charge in [-0.3, -0.25) is 28.8 Å². The summed E-state index contributed by atoms with van der Waals surface area (Å²) in [5, 5.41) is 20.4. The van der Waals surface area contributed by atoms with E-state index in [1.807, 2.05) is 114 Å². The molecule has 1 aromatic rings. The van der Waals surface area contributed by atoms with Gasteiger partial charge in [-0.15, -0.1) is 6.58 Å². The lowest BCUT2D eigenvalue weighted by Gasteiger charge is -2.25. The van der Waals surface area contributed by atoms with Gasteiger partial charge < -0.3 is 57.6 Å². The number of hydrogen-bond acceptors (Lipinski definition) is 17. The van der Waals surface area contributed by atoms with Gasteiger partial charge in [0.05, 0.1) is 92.5 Å². The van der Waals surface area contributed by atoms with E-state index in [-0.39, 0.29) is 97.1 Å². The van der Waals surface area contributed by atoms with Gasteiger partial charge in [-0.1, -0.05) is 168 Å². The number of esters is 5. The number of nitrogens with zero attached hydrogens (tertiary/aromatic N) is 4. The van der Waals surface area contributed by atoms with Crippen molar-refractivity contribution in [3.8, 4) is 12.1 Å². The van der Waals surface area contributed by atoms with E-state index in [1.165, 1.54) is 11.8 Å². The fourth-order valence-electron chi connectivity index (χ4n) is 7.62. The highest BCUT2D eigenvalue weighted by Crippen LogP contribution is 2.49. The molecule has 1 N–H and O–H groups in total. The van der Waals surface area contributed by atoms with Gasteiger partial charge in [0.25, 0.3) is 6.04 Å². The minimum Gasteiger partial charge on any atom is -0.499 e. The molecule has 1 amide bonds. The Balaban J connectivity index is -0.000000352. The highest BCUT2D eigenvalue weighted by atomic mass is 79.9. The van der Waals surface area contributed by atoms with E-state index in [0.29, 0.717) is 95.1 Å². The van der Waals surface area contributed by atoms with Crippen molar-refractivity contribution in [2.75, 3.05) is 77.9 Å². The summed E-state index contributed by atoms with van der Waals surface area (Å²) in [6, 6.07) is 12.2. The summed E-state index contributed by atoms with van der Waals surface area (Å²) in [6.07, 6.45) is 17.1. The fraction of sp³-hybridized carbons (Fsp3) is 0.700. The molecule has 0 aliphatic heterocycles. The molecular weight excluding hydrogens is 1350 g/mol. The second kappa shape index (κ2) is 66.4. The van der Waals surface area contributed by atoms with Crippen LogP contribution in [0.25, 0.3) is 15.8 Å². The first-order chi connectivity index (χ1) is 47.9. The van der Waals surface area contributed by atoms with E-state index in [9.17, 15) is 28.8 Å². The predicted octanol–water partition coefficient (Wildman–Crippen LogP) is 17.5. The molecule has 21 heteroatoms. The molecule has 2 bridgehead atoms. The molecule has 20 nitrogen and oxygen atoms in total. The summed E-state index contributed by atoms with van der Waals surface area (Å²) in [7, 11) is 0. The molecule has 101 heavy (non-hydrogen) atoms. The van der Waals surface area contributed by atoms with Crippen molar-refractivity contribution in [2.24, 2.45) is 58.2 Å². The number of hydrogen-bond donors (Lipinski definition) is 1. The first-order valence-electron chi connectivity index (χ1n) is 36.0. The van der Waals surface area contributed by atoms with Gasteiger partial charge in [-0.2, -0.15) is 10.5 Å². The SMILES string of the molecule is C=CCNC(=O)C(C)CC.C=CCOC(=O)C(C)(CC)CBr.C=COCCOCCOC(=O)C(C)CC.C=Cc1ccc(COCCOC(C)CC)cc1.CCC(C)C(=O)OC1CC2CC1CC2C#N.CCC(C)C(=O)OCCC#N.[C-]#[N+]C(C)COC(=O)C(C)(C)CC.[C-]#[N+]CC(C)CC. The molecule has 0 aromatic heterocycles. The number of halogens is 1. The van der Waals surface area contributed by atoms with Crippen LogP contribution in [0.15, 0.2) is 69.0 Å². The summed E-state index contributed by atoms with van der Waals surface area (Å²) >= 11 is 3.30. The number of alkyl halides is 1. The van der Waals surface area contributed by atoms with Crippen LogP contribution in [-0.4, -0.2) is 132 Å². The number of fused-ring (bicyclic) bond motifs is 2. The third-order valence-electron chi connectivity index (χ3n) is 16.9. The number of rotatable bonds is 39. The van der Waals surface area contributed by atoms with Crippen LogP contribution in [-0.2, 0) is 78.0 Å². The maximum atomic E-state index is 11.7. The molecule has 12 atom stereocenters. The highest BCUT2D eigenvalue weighted by molar-refractivity contribution is 9.09. The molecule has 2 aliphatic carbocycles. The summed E-state index contributed by atoms with van der Waals surface area (Å²) in [4.78, 5) is 74.0. The summed E-state index contributed by atoms with van der Waals surface area (Å²) in [5.74, 6) is 1.08. The van der Waals surface area contributed by atoms with Crippen molar-refractivity contribution in [3.05, 3.63) is 103 Å². The van der Waals surface area contributed by atoms with E-state index in [1.54, 1.807) is 19.1 Å². The molecule has 0 saturated heterocycles. The zero-order valence-electron chi connectivity index (χ0n) is 65.3. The van der Waals surface area contributed by atoms with Gasteiger partial charge in [0.15, 0.2) is 6.61 Å². The number of carbonyl (C=O) groups excluding carboxylic acids is 6. The Kier molecular flexibility index (Phi) is 67.5. The summed E-state index contributed by atoms with van der Waals surface area (Å²) in [5.41, 5.74) is 1.48. The van der Waals surface area contributed by atoms with Crippen LogP contribution in [0.1, 0.15) is 213 Å². The Bertz CT molecular complexity index is 2570. The zero-order valence-corrected chi connectivity index (χ0v) is 66.9. The lowest BCUT2D eigenvalue weighted by Crippen LogP contribution is -2.30. The Morgan fingerprint density at radius 3 is 1.65 bits per heavy atom. The van der Waals surface area contributed by atoms with Crippen LogP contribution in [0.4, 0.5) is 0 Å². The van der Waals surface area contributed by atoms with Crippen LogP contribution in [0.5, 0.6) is 0 Å². The number of benzene rings is 1. The van der Waals surface area contributed by atoms with Gasteiger partial charge in [0.1, 0.15) is 32.5 Å². The molecule has 2 fully saturated rings. The lowest BCUT2D eigenvalue weighted by atomic mass is 9.88. The van der Waals surface area contributed by atoms with Crippen LogP contribution in [0.3, 0.4) is 0 Å². The quantitative estimate of drug-likeness (QED) is 0.0122. The Labute approximate surface area is 619 Å². The molecule has 0 radical (unpaired) electrons. The average Bonchev–Trinajstić information content (AvgIpc) is 1.65. The first kappa shape index (κ1) is 103. The van der Waals surface area contributed by atoms with Crippen molar-refractivity contribution >= 4 is 57.8 Å². The predicted molar refractivity (Wildman–Crippen MR) is 407 cm³/mol. The molecule has 2 saturated carbocycles. The Morgan fingerprint density at radius 1 is 0.653 bits per heavy atom. The van der Waals surface area contributed by atoms with Crippen LogP contribution in [0.2, 0.25) is 0 Å². The molecule has 3 rings (SSSR count). The molecule has 0 spiro atoms. The molecule has 574 valence electrons. The van der Waals surface area contributed by atoms with E-state index < -0.39 is 10.8 Å². The topological polar surface area (TPSA) is 254 Å². The Morgan fingerprint density at radius 2 is 1.22 bits per heavy atom. The van der Waals surface area contributed by atoms with Crippen molar-refractivity contribution in [1.82, 2.24) is 5.32 Å². The Hall–Kier alpha value is -6.88. The van der Waals surface area contributed by atoms with Gasteiger partial charge in [-0.25, -0.2) is 13.1 Å². The van der Waals surface area contributed by atoms with Gasteiger partial charge in [-0.05, 0) is 121 Å². The number of amides is 1. The number of nitrogens with one attached hydrogen (secondary N) is 1. The van der Waals surface area contributed by atoms with Gasteiger partial charge >= 0.3 is 29.8 Å². The van der Waals surface area contributed by atoms with E-state index in [0.717, 1.165) is 76.2 Å². The van der Waals surface area contributed by atoms with Gasteiger partial charge in [0, 0.05) is 36.6 Å². The smallest absolute Gasteiger partial charge is 0.312 e. The van der Waals surface area contributed by atoms with Crippen LogP contribution in [0, 0.1) is 94.0 Å². The minimum absolute atomic E-state index is 0.00545. The number of ether oxygens (including phenoxy) is 9. The normalized spacial score (nSPS) is 16.7. The largest absolute Gasteiger partial charge is 0.499 e. The third kappa shape index (κ3) is 53.6. The van der Waals surface area contributed by atoms with E-state index in [4.69, 9.17) is 66.3 Å². The minimum atomic E-state index is -0.429. The second-order valence-corrected chi connectivity index (χ2v) is 26.4. The zero-order chi connectivity index (χ0) is 78.2. The van der Waals surface area contributed by atoms with Crippen LogP contribution >= 0.6 is 15.9 Å². The maximum Gasteiger partial charge on any atom is 0.312 e. The van der Waals surface area contributed by atoms with E-state index >= 15 is 0 Å². The number of nitriles is 2. The van der Waals surface area contributed by atoms with Crippen molar-refractivity contribution in [3.63, 3.8) is 0 Å². The standard InChI is InChI=1S/C15H22O2.C13H19NO2.C11H20O4.C10H17NO2.C9H15BrO2.C8H13NO2.C8H15NO.C6H11N/c1-4-13(3)17-11-10-16-12-15-8-6-14(5-2)7-9-15;1-3-8(2)13(15)16-12-6-9-4-10(12)5-11(9)7-14;1-4-10(3)11(12)15-9-8-14-7-6-13-5-2;1-6-10(3,4)9(12)13-7-8(2)11-5;1-4-6-12-8(11)9(3,5-2)7-10;1-3-7(2)8(10)11-6-4-5-9;1-4-6-9-8(10)7(3)5-2;1-4-6(2)5-7-3/h5-9,13H,2,4,10-12H2,1,3H3;8-12H,3-6H2,1-2H3;5,10H,2,4,6-9H2,1,3H3;8H,6-7H2,1-4H3;4H,1,5-7H2,2-3H3;7H,3-4,6H2,1-2H3;4,7H,1,5-6H2,2-3H3,(H,9,10);6H,4-5H2,1-2H3. The molecular formula is C80H132BrN5O15. The molecule has 0 heterocycles. The highest BCUT2D eigenvalue weighted by Gasteiger charge is 2.48. The van der Waals surface area contributed by atoms with Crippen molar-refractivity contribution in [2.45, 2.75) is 227 Å². The van der Waals surface area contributed by atoms with Crippen molar-refractivity contribution in [1.29, 1.82) is 10.5 Å². The van der Waals surface area contributed by atoms with Gasteiger partial charge in [0.2, 0.25) is 12.5 Å².